The lowest BCUT2D eigenvalue weighted by Crippen LogP contribution is -2.09. The fourth-order valence-electron chi connectivity index (χ4n) is 1.41. The van der Waals surface area contributed by atoms with Gasteiger partial charge in [0, 0.05) is 11.8 Å². The second kappa shape index (κ2) is 4.37. The molecule has 17 heavy (non-hydrogen) atoms. The summed E-state index contributed by atoms with van der Waals surface area (Å²) in [5.41, 5.74) is -0.0480. The first kappa shape index (κ1) is 11.9. The molecular formula is C11H7BrF2N2O. The van der Waals surface area contributed by atoms with Gasteiger partial charge in [-0.1, -0.05) is 0 Å². The number of aromatic amines is 1. The highest BCUT2D eigenvalue weighted by Crippen LogP contribution is 2.25. The van der Waals surface area contributed by atoms with Crippen molar-refractivity contribution in [1.82, 2.24) is 9.97 Å². The molecule has 1 aromatic carbocycles. The van der Waals surface area contributed by atoms with Crippen LogP contribution in [-0.4, -0.2) is 9.97 Å². The molecule has 2 rings (SSSR count). The molecule has 0 spiro atoms. The lowest BCUT2D eigenvalue weighted by molar-refractivity contribution is 0.596. The van der Waals surface area contributed by atoms with Crippen LogP contribution in [0.2, 0.25) is 0 Å². The van der Waals surface area contributed by atoms with Crippen LogP contribution >= 0.6 is 15.9 Å². The summed E-state index contributed by atoms with van der Waals surface area (Å²) in [6.45, 7) is 1.60. The van der Waals surface area contributed by atoms with E-state index >= 15 is 0 Å². The number of nitrogens with one attached hydrogen (secondary N) is 1. The number of hydrogen-bond acceptors (Lipinski definition) is 2. The highest BCUT2D eigenvalue weighted by atomic mass is 79.9. The van der Waals surface area contributed by atoms with Crippen molar-refractivity contribution in [3.05, 3.63) is 50.4 Å². The Morgan fingerprint density at radius 3 is 2.59 bits per heavy atom. The SMILES string of the molecule is Cc1cc(=O)[nH]c(-c2cc(F)c(Br)cc2F)n1. The van der Waals surface area contributed by atoms with Gasteiger partial charge in [0.25, 0.3) is 5.56 Å². The molecule has 0 amide bonds. The number of H-pyrrole nitrogens is 1. The summed E-state index contributed by atoms with van der Waals surface area (Å²) in [7, 11) is 0. The largest absolute Gasteiger partial charge is 0.306 e. The zero-order valence-corrected chi connectivity index (χ0v) is 10.3. The van der Waals surface area contributed by atoms with Crippen LogP contribution in [0.1, 0.15) is 5.69 Å². The molecule has 6 heteroatoms. The van der Waals surface area contributed by atoms with Gasteiger partial charge in [-0.2, -0.15) is 0 Å². The molecule has 0 aliphatic carbocycles. The van der Waals surface area contributed by atoms with E-state index in [9.17, 15) is 13.6 Å². The van der Waals surface area contributed by atoms with Gasteiger partial charge in [0.2, 0.25) is 0 Å². The molecule has 3 nitrogen and oxygen atoms in total. The van der Waals surface area contributed by atoms with E-state index in [-0.39, 0.29) is 15.9 Å². The van der Waals surface area contributed by atoms with Gasteiger partial charge in [0.05, 0.1) is 10.0 Å². The van der Waals surface area contributed by atoms with Crippen LogP contribution in [0.3, 0.4) is 0 Å². The van der Waals surface area contributed by atoms with Gasteiger partial charge in [-0.25, -0.2) is 13.8 Å². The Morgan fingerprint density at radius 2 is 1.94 bits per heavy atom. The first-order chi connectivity index (χ1) is 7.97. The minimum atomic E-state index is -0.660. The number of aryl methyl sites for hydroxylation is 1. The minimum Gasteiger partial charge on any atom is -0.306 e. The Hall–Kier alpha value is -1.56. The number of halogens is 3. The van der Waals surface area contributed by atoms with Gasteiger partial charge >= 0.3 is 0 Å². The molecule has 2 aromatic rings. The minimum absolute atomic E-state index is 0.0129. The molecule has 1 aromatic heterocycles. The lowest BCUT2D eigenvalue weighted by Gasteiger charge is -2.04. The third-order valence-corrected chi connectivity index (χ3v) is 2.74. The quantitative estimate of drug-likeness (QED) is 0.823. The van der Waals surface area contributed by atoms with Crippen molar-refractivity contribution >= 4 is 15.9 Å². The maximum absolute atomic E-state index is 13.6. The van der Waals surface area contributed by atoms with E-state index in [4.69, 9.17) is 0 Å². The van der Waals surface area contributed by atoms with Crippen LogP contribution in [-0.2, 0) is 0 Å². The monoisotopic (exact) mass is 300 g/mol. The highest BCUT2D eigenvalue weighted by Gasteiger charge is 2.12. The second-order valence-corrected chi connectivity index (χ2v) is 4.34. The van der Waals surface area contributed by atoms with Gasteiger partial charge < -0.3 is 4.98 Å². The van der Waals surface area contributed by atoms with E-state index in [1.165, 1.54) is 6.07 Å². The maximum atomic E-state index is 13.6. The van der Waals surface area contributed by atoms with Crippen LogP contribution in [0.15, 0.2) is 27.5 Å². The Balaban J connectivity index is 2.68. The average molecular weight is 301 g/mol. The Bertz CT molecular complexity index is 640. The maximum Gasteiger partial charge on any atom is 0.251 e. The summed E-state index contributed by atoms with van der Waals surface area (Å²) in [6, 6.07) is 3.25. The number of nitrogens with zero attached hydrogens (tertiary/aromatic N) is 1. The summed E-state index contributed by atoms with van der Waals surface area (Å²) in [5, 5.41) is 0. The van der Waals surface area contributed by atoms with Gasteiger partial charge in [-0.3, -0.25) is 4.79 Å². The predicted molar refractivity (Wildman–Crippen MR) is 62.6 cm³/mol. The molecule has 0 aliphatic heterocycles. The van der Waals surface area contributed by atoms with Crippen LogP contribution < -0.4 is 5.56 Å². The highest BCUT2D eigenvalue weighted by molar-refractivity contribution is 9.10. The van der Waals surface area contributed by atoms with E-state index in [1.54, 1.807) is 6.92 Å². The molecule has 1 heterocycles. The summed E-state index contributed by atoms with van der Waals surface area (Å²) >= 11 is 2.87. The molecule has 0 aliphatic rings. The number of benzene rings is 1. The number of rotatable bonds is 1. The molecule has 0 atom stereocenters. The van der Waals surface area contributed by atoms with Gasteiger partial charge in [0.1, 0.15) is 17.5 Å². The zero-order chi connectivity index (χ0) is 12.6. The Kier molecular flexibility index (Phi) is 3.06. The van der Waals surface area contributed by atoms with E-state index < -0.39 is 17.2 Å². The molecule has 0 fully saturated rings. The van der Waals surface area contributed by atoms with Crippen molar-refractivity contribution in [3.63, 3.8) is 0 Å². The van der Waals surface area contributed by atoms with E-state index in [1.807, 2.05) is 0 Å². The molecule has 0 saturated heterocycles. The van der Waals surface area contributed by atoms with Crippen molar-refractivity contribution in [2.45, 2.75) is 6.92 Å². The van der Waals surface area contributed by atoms with Crippen LogP contribution in [0.4, 0.5) is 8.78 Å². The zero-order valence-electron chi connectivity index (χ0n) is 8.72. The summed E-state index contributed by atoms with van der Waals surface area (Å²) in [4.78, 5) is 17.5. The summed E-state index contributed by atoms with van der Waals surface area (Å²) in [5.74, 6) is -1.27. The van der Waals surface area contributed by atoms with Gasteiger partial charge in [-0.15, -0.1) is 0 Å². The number of aromatic nitrogens is 2. The molecular weight excluding hydrogens is 294 g/mol. The standard InChI is InChI=1S/C11H7BrF2N2O/c1-5-2-10(17)16-11(15-5)6-3-9(14)7(12)4-8(6)13/h2-4H,1H3,(H,15,16,17). The first-order valence-corrected chi connectivity index (χ1v) is 5.49. The fraction of sp³-hybridized carbons (Fsp3) is 0.0909. The van der Waals surface area contributed by atoms with Crippen molar-refractivity contribution in [2.24, 2.45) is 0 Å². The van der Waals surface area contributed by atoms with Gasteiger partial charge in [0.15, 0.2) is 0 Å². The Labute approximate surface area is 104 Å². The summed E-state index contributed by atoms with van der Waals surface area (Å²) in [6.07, 6.45) is 0. The molecule has 0 bridgehead atoms. The number of hydrogen-bond donors (Lipinski definition) is 1. The third kappa shape index (κ3) is 2.41. The van der Waals surface area contributed by atoms with E-state index in [0.29, 0.717) is 5.69 Å². The van der Waals surface area contributed by atoms with Crippen LogP contribution in [0.25, 0.3) is 11.4 Å². The molecule has 0 unspecified atom stereocenters. The van der Waals surface area contributed by atoms with E-state index in [2.05, 4.69) is 25.9 Å². The second-order valence-electron chi connectivity index (χ2n) is 3.48. The van der Waals surface area contributed by atoms with Crippen molar-refractivity contribution in [3.8, 4) is 11.4 Å². The smallest absolute Gasteiger partial charge is 0.251 e. The average Bonchev–Trinajstić information content (AvgIpc) is 2.22. The normalized spacial score (nSPS) is 10.6. The topological polar surface area (TPSA) is 45.8 Å². The fourth-order valence-corrected chi connectivity index (χ4v) is 1.73. The molecule has 0 saturated carbocycles. The van der Waals surface area contributed by atoms with Crippen LogP contribution in [0.5, 0.6) is 0 Å². The molecule has 88 valence electrons. The molecule has 1 N–H and O–H groups in total. The summed E-state index contributed by atoms with van der Waals surface area (Å²) < 4.78 is 27.0. The first-order valence-electron chi connectivity index (χ1n) is 4.70. The predicted octanol–water partition coefficient (Wildman–Crippen LogP) is 2.79. The third-order valence-electron chi connectivity index (χ3n) is 2.13. The van der Waals surface area contributed by atoms with Crippen molar-refractivity contribution < 1.29 is 8.78 Å². The van der Waals surface area contributed by atoms with Gasteiger partial charge in [-0.05, 0) is 35.0 Å². The lowest BCUT2D eigenvalue weighted by atomic mass is 10.2. The Morgan fingerprint density at radius 1 is 1.24 bits per heavy atom. The van der Waals surface area contributed by atoms with E-state index in [0.717, 1.165) is 12.1 Å². The van der Waals surface area contributed by atoms with Crippen molar-refractivity contribution in [1.29, 1.82) is 0 Å². The van der Waals surface area contributed by atoms with Crippen LogP contribution in [0, 0.1) is 18.6 Å². The molecule has 0 radical (unpaired) electrons. The van der Waals surface area contributed by atoms with Crippen molar-refractivity contribution in [2.75, 3.05) is 0 Å².